The lowest BCUT2D eigenvalue weighted by Gasteiger charge is -2.13. The van der Waals surface area contributed by atoms with Crippen molar-refractivity contribution in [1.29, 1.82) is 0 Å². The number of aliphatic carboxylic acids is 1. The molecule has 0 radical (unpaired) electrons. The Kier molecular flexibility index (Phi) is 3.14. The number of carbonyl (C=O) groups is 2. The fourth-order valence-corrected chi connectivity index (χ4v) is 1.65. The number of aromatic nitrogens is 2. The van der Waals surface area contributed by atoms with Gasteiger partial charge in [-0.25, -0.2) is 9.48 Å². The molecule has 1 aliphatic carbocycles. The molecule has 96 valence electrons. The highest BCUT2D eigenvalue weighted by atomic mass is 16.4. The second kappa shape index (κ2) is 4.59. The third kappa shape index (κ3) is 2.55. The van der Waals surface area contributed by atoms with Crippen LogP contribution in [0.4, 0.5) is 0 Å². The van der Waals surface area contributed by atoms with E-state index < -0.39 is 17.9 Å². The Balaban J connectivity index is 2.13. The van der Waals surface area contributed by atoms with Crippen molar-refractivity contribution in [3.8, 4) is 0 Å². The van der Waals surface area contributed by atoms with E-state index in [1.807, 2.05) is 0 Å². The van der Waals surface area contributed by atoms with Crippen LogP contribution < -0.4 is 10.9 Å². The van der Waals surface area contributed by atoms with Gasteiger partial charge in [-0.2, -0.15) is 5.10 Å². The lowest BCUT2D eigenvalue weighted by molar-refractivity contribution is -0.139. The first-order valence-corrected chi connectivity index (χ1v) is 5.57. The summed E-state index contributed by atoms with van der Waals surface area (Å²) >= 11 is 0. The van der Waals surface area contributed by atoms with Gasteiger partial charge >= 0.3 is 5.97 Å². The van der Waals surface area contributed by atoms with Crippen LogP contribution in [0, 0.1) is 5.92 Å². The third-order valence-electron chi connectivity index (χ3n) is 2.84. The standard InChI is InChI=1S/C11H13N3O4/c1-14-8(15)5-4-7(13-14)10(16)12-9(11(17)18)6-2-3-6/h4-6,9H,2-3H2,1H3,(H,12,16)(H,17,18). The summed E-state index contributed by atoms with van der Waals surface area (Å²) < 4.78 is 1.03. The van der Waals surface area contributed by atoms with Crippen molar-refractivity contribution >= 4 is 11.9 Å². The summed E-state index contributed by atoms with van der Waals surface area (Å²) in [6.07, 6.45) is 1.61. The predicted molar refractivity (Wildman–Crippen MR) is 61.1 cm³/mol. The minimum atomic E-state index is -1.05. The normalized spacial score (nSPS) is 16.1. The lowest BCUT2D eigenvalue weighted by atomic mass is 10.2. The highest BCUT2D eigenvalue weighted by molar-refractivity contribution is 5.94. The molecular formula is C11H13N3O4. The number of aryl methyl sites for hydroxylation is 1. The number of carboxylic acid groups (broad SMARTS) is 1. The maximum Gasteiger partial charge on any atom is 0.326 e. The Morgan fingerprint density at radius 3 is 2.67 bits per heavy atom. The van der Waals surface area contributed by atoms with Crippen LogP contribution in [0.15, 0.2) is 16.9 Å². The second-order valence-corrected chi connectivity index (χ2v) is 4.31. The second-order valence-electron chi connectivity index (χ2n) is 4.31. The number of carbonyl (C=O) groups excluding carboxylic acids is 1. The van der Waals surface area contributed by atoms with Crippen LogP contribution in [-0.2, 0) is 11.8 Å². The monoisotopic (exact) mass is 251 g/mol. The van der Waals surface area contributed by atoms with Crippen LogP contribution in [0.3, 0.4) is 0 Å². The molecule has 1 saturated carbocycles. The minimum absolute atomic E-state index is 0.000943. The zero-order valence-electron chi connectivity index (χ0n) is 9.79. The summed E-state index contributed by atoms with van der Waals surface area (Å²) in [5, 5.41) is 15.2. The van der Waals surface area contributed by atoms with Gasteiger partial charge in [0, 0.05) is 13.1 Å². The van der Waals surface area contributed by atoms with Crippen molar-refractivity contribution in [3.05, 3.63) is 28.2 Å². The minimum Gasteiger partial charge on any atom is -0.480 e. The molecule has 7 nitrogen and oxygen atoms in total. The van der Waals surface area contributed by atoms with E-state index in [2.05, 4.69) is 10.4 Å². The van der Waals surface area contributed by atoms with E-state index in [1.54, 1.807) is 0 Å². The Morgan fingerprint density at radius 2 is 2.17 bits per heavy atom. The summed E-state index contributed by atoms with van der Waals surface area (Å²) in [6, 6.07) is 1.62. The van der Waals surface area contributed by atoms with E-state index in [0.29, 0.717) is 0 Å². The van der Waals surface area contributed by atoms with Gasteiger partial charge in [0.05, 0.1) is 0 Å². The van der Waals surface area contributed by atoms with Gasteiger partial charge in [-0.15, -0.1) is 0 Å². The number of hydrogen-bond donors (Lipinski definition) is 2. The quantitative estimate of drug-likeness (QED) is 0.742. The average molecular weight is 251 g/mol. The maximum atomic E-state index is 11.8. The predicted octanol–water partition coefficient (Wildman–Crippen LogP) is -0.627. The molecule has 0 spiro atoms. The van der Waals surface area contributed by atoms with E-state index in [4.69, 9.17) is 5.11 Å². The molecule has 1 aromatic rings. The highest BCUT2D eigenvalue weighted by Gasteiger charge is 2.37. The van der Waals surface area contributed by atoms with E-state index >= 15 is 0 Å². The van der Waals surface area contributed by atoms with Crippen LogP contribution in [0.2, 0.25) is 0 Å². The van der Waals surface area contributed by atoms with Gasteiger partial charge in [0.1, 0.15) is 11.7 Å². The Hall–Kier alpha value is -2.18. The molecule has 1 unspecified atom stereocenters. The van der Waals surface area contributed by atoms with Crippen molar-refractivity contribution in [2.45, 2.75) is 18.9 Å². The van der Waals surface area contributed by atoms with Gasteiger partial charge in [-0.05, 0) is 24.8 Å². The number of amides is 1. The Morgan fingerprint density at radius 1 is 1.50 bits per heavy atom. The topological polar surface area (TPSA) is 101 Å². The van der Waals surface area contributed by atoms with E-state index in [1.165, 1.54) is 19.2 Å². The van der Waals surface area contributed by atoms with Gasteiger partial charge < -0.3 is 10.4 Å². The molecule has 1 heterocycles. The van der Waals surface area contributed by atoms with Crippen LogP contribution in [0.25, 0.3) is 0 Å². The largest absolute Gasteiger partial charge is 0.480 e. The molecule has 1 fully saturated rings. The van der Waals surface area contributed by atoms with Crippen molar-refractivity contribution in [3.63, 3.8) is 0 Å². The molecule has 1 aliphatic rings. The molecule has 0 aliphatic heterocycles. The molecule has 0 saturated heterocycles. The number of nitrogens with zero attached hydrogens (tertiary/aromatic N) is 2. The molecule has 1 amide bonds. The molecule has 0 aromatic carbocycles. The van der Waals surface area contributed by atoms with Crippen LogP contribution in [0.1, 0.15) is 23.3 Å². The fraction of sp³-hybridized carbons (Fsp3) is 0.455. The average Bonchev–Trinajstić information content (AvgIpc) is 3.13. The fourth-order valence-electron chi connectivity index (χ4n) is 1.65. The molecule has 2 N–H and O–H groups in total. The molecule has 1 atom stereocenters. The molecule has 18 heavy (non-hydrogen) atoms. The third-order valence-corrected chi connectivity index (χ3v) is 2.84. The van der Waals surface area contributed by atoms with E-state index in [-0.39, 0.29) is 17.2 Å². The lowest BCUT2D eigenvalue weighted by Crippen LogP contribution is -2.43. The molecule has 7 heteroatoms. The first kappa shape index (κ1) is 12.3. The summed E-state index contributed by atoms with van der Waals surface area (Å²) in [4.78, 5) is 33.9. The molecular weight excluding hydrogens is 238 g/mol. The number of carboxylic acids is 1. The first-order valence-electron chi connectivity index (χ1n) is 5.57. The smallest absolute Gasteiger partial charge is 0.326 e. The Labute approximate surface area is 102 Å². The molecule has 1 aromatic heterocycles. The maximum absolute atomic E-state index is 11.8. The van der Waals surface area contributed by atoms with Crippen LogP contribution in [0.5, 0.6) is 0 Å². The van der Waals surface area contributed by atoms with E-state index in [0.717, 1.165) is 17.5 Å². The summed E-state index contributed by atoms with van der Waals surface area (Å²) in [5.74, 6) is -1.63. The summed E-state index contributed by atoms with van der Waals surface area (Å²) in [7, 11) is 1.43. The number of rotatable bonds is 4. The van der Waals surface area contributed by atoms with Crippen LogP contribution >= 0.6 is 0 Å². The van der Waals surface area contributed by atoms with Crippen LogP contribution in [-0.4, -0.2) is 32.8 Å². The van der Waals surface area contributed by atoms with Crippen molar-refractivity contribution < 1.29 is 14.7 Å². The van der Waals surface area contributed by atoms with Gasteiger partial charge in [-0.1, -0.05) is 0 Å². The SMILES string of the molecule is Cn1nc(C(=O)NC(C(=O)O)C2CC2)ccc1=O. The zero-order valence-corrected chi connectivity index (χ0v) is 9.79. The zero-order chi connectivity index (χ0) is 13.3. The van der Waals surface area contributed by atoms with Gasteiger partial charge in [0.2, 0.25) is 0 Å². The van der Waals surface area contributed by atoms with Gasteiger partial charge in [0.15, 0.2) is 0 Å². The molecule has 0 bridgehead atoms. The van der Waals surface area contributed by atoms with Crippen molar-refractivity contribution in [1.82, 2.24) is 15.1 Å². The molecule has 2 rings (SSSR count). The van der Waals surface area contributed by atoms with Gasteiger partial charge in [-0.3, -0.25) is 9.59 Å². The Bertz CT molecular complexity index is 547. The first-order chi connectivity index (χ1) is 8.49. The van der Waals surface area contributed by atoms with Crippen molar-refractivity contribution in [2.24, 2.45) is 13.0 Å². The number of hydrogen-bond acceptors (Lipinski definition) is 4. The van der Waals surface area contributed by atoms with E-state index in [9.17, 15) is 14.4 Å². The van der Waals surface area contributed by atoms with Gasteiger partial charge in [0.25, 0.3) is 11.5 Å². The highest BCUT2D eigenvalue weighted by Crippen LogP contribution is 2.32. The number of nitrogens with one attached hydrogen (secondary N) is 1. The summed E-state index contributed by atoms with van der Waals surface area (Å²) in [5.41, 5.74) is -0.299. The summed E-state index contributed by atoms with van der Waals surface area (Å²) in [6.45, 7) is 0. The van der Waals surface area contributed by atoms with Crippen molar-refractivity contribution in [2.75, 3.05) is 0 Å².